The third kappa shape index (κ3) is 3.27. The molecule has 2 aromatic carbocycles. The van der Waals surface area contributed by atoms with Crippen molar-refractivity contribution in [3.63, 3.8) is 0 Å². The van der Waals surface area contributed by atoms with Crippen molar-refractivity contribution in [3.05, 3.63) is 61.5 Å². The normalized spacial score (nSPS) is 10.2. The first-order valence-corrected chi connectivity index (χ1v) is 6.61. The molecule has 0 bridgehead atoms. The van der Waals surface area contributed by atoms with Gasteiger partial charge in [-0.1, -0.05) is 6.07 Å². The molecule has 8 heteroatoms. The summed E-state index contributed by atoms with van der Waals surface area (Å²) in [5.74, 6) is -2.38. The highest BCUT2D eigenvalue weighted by Crippen LogP contribution is 2.35. The Morgan fingerprint density at radius 2 is 2.00 bits per heavy atom. The zero-order valence-corrected chi connectivity index (χ0v) is 12.4. The molecule has 0 aromatic heterocycles. The van der Waals surface area contributed by atoms with E-state index in [0.717, 1.165) is 6.07 Å². The lowest BCUT2D eigenvalue weighted by Crippen LogP contribution is -2.00. The monoisotopic (exact) mass is 403 g/mol. The maximum absolute atomic E-state index is 13.5. The van der Waals surface area contributed by atoms with E-state index in [9.17, 15) is 19.3 Å². The molecule has 0 aliphatic carbocycles. The van der Waals surface area contributed by atoms with E-state index in [2.05, 4.69) is 0 Å². The Morgan fingerprint density at radius 3 is 2.62 bits per heavy atom. The maximum Gasteiger partial charge on any atom is 0.346 e. The highest BCUT2D eigenvalue weighted by Gasteiger charge is 2.22. The summed E-state index contributed by atoms with van der Waals surface area (Å²) in [5.41, 5.74) is -0.835. The van der Waals surface area contributed by atoms with Crippen molar-refractivity contribution in [3.8, 4) is 11.5 Å². The molecule has 21 heavy (non-hydrogen) atoms. The zero-order chi connectivity index (χ0) is 15.6. The van der Waals surface area contributed by atoms with Crippen LogP contribution >= 0.6 is 22.6 Å². The molecule has 0 saturated carbocycles. The molecule has 0 amide bonds. The lowest BCUT2D eigenvalue weighted by Gasteiger charge is -2.09. The van der Waals surface area contributed by atoms with Gasteiger partial charge in [0.05, 0.1) is 14.1 Å². The van der Waals surface area contributed by atoms with Gasteiger partial charge in [-0.3, -0.25) is 10.1 Å². The number of ether oxygens (including phenoxy) is 1. The molecule has 6 nitrogen and oxygen atoms in total. The second-order valence-corrected chi connectivity index (χ2v) is 5.06. The largest absolute Gasteiger partial charge is 0.478 e. The number of para-hydroxylation sites is 1. The van der Waals surface area contributed by atoms with Crippen LogP contribution in [0.25, 0.3) is 0 Å². The summed E-state index contributed by atoms with van der Waals surface area (Å²) in [4.78, 5) is 20.9. The summed E-state index contributed by atoms with van der Waals surface area (Å²) in [6, 6.07) is 7.54. The van der Waals surface area contributed by atoms with Gasteiger partial charge in [0, 0.05) is 0 Å². The summed E-state index contributed by atoms with van der Waals surface area (Å²) in [5, 5.41) is 19.8. The number of carboxylic acids is 1. The Labute approximate surface area is 131 Å². The SMILES string of the molecule is O=C(O)c1ccc(I)c(Oc2cccc(F)c2[N+](=O)[O-])c1. The number of nitro benzene ring substituents is 1. The van der Waals surface area contributed by atoms with Crippen LogP contribution in [-0.4, -0.2) is 16.0 Å². The maximum atomic E-state index is 13.5. The van der Waals surface area contributed by atoms with Crippen molar-refractivity contribution in [2.75, 3.05) is 0 Å². The van der Waals surface area contributed by atoms with Gasteiger partial charge in [-0.2, -0.15) is 4.39 Å². The first kappa shape index (κ1) is 15.2. The number of nitro groups is 1. The number of nitrogens with zero attached hydrogens (tertiary/aromatic N) is 1. The first-order valence-electron chi connectivity index (χ1n) is 5.53. The lowest BCUT2D eigenvalue weighted by atomic mass is 10.2. The van der Waals surface area contributed by atoms with E-state index in [4.69, 9.17) is 9.84 Å². The minimum absolute atomic E-state index is 0.0375. The van der Waals surface area contributed by atoms with Crippen molar-refractivity contribution >= 4 is 34.2 Å². The fraction of sp³-hybridized carbons (Fsp3) is 0. The number of halogens is 2. The molecule has 108 valence electrons. The second kappa shape index (κ2) is 6.04. The molecule has 0 spiro atoms. The van der Waals surface area contributed by atoms with Crippen LogP contribution in [-0.2, 0) is 0 Å². The van der Waals surface area contributed by atoms with Crippen LogP contribution in [0, 0.1) is 19.5 Å². The molecule has 2 rings (SSSR count). The van der Waals surface area contributed by atoms with E-state index in [1.807, 2.05) is 22.6 Å². The molecule has 0 fully saturated rings. The van der Waals surface area contributed by atoms with Crippen molar-refractivity contribution in [1.82, 2.24) is 0 Å². The summed E-state index contributed by atoms with van der Waals surface area (Å²) in [7, 11) is 0. The zero-order valence-electron chi connectivity index (χ0n) is 10.2. The third-order valence-corrected chi connectivity index (χ3v) is 3.42. The van der Waals surface area contributed by atoms with Gasteiger partial charge in [0.25, 0.3) is 0 Å². The number of rotatable bonds is 4. The minimum Gasteiger partial charge on any atom is -0.478 e. The van der Waals surface area contributed by atoms with Gasteiger partial charge in [-0.15, -0.1) is 0 Å². The number of carboxylic acid groups (broad SMARTS) is 1. The quantitative estimate of drug-likeness (QED) is 0.476. The van der Waals surface area contributed by atoms with E-state index >= 15 is 0 Å². The molecular weight excluding hydrogens is 396 g/mol. The van der Waals surface area contributed by atoms with Gasteiger partial charge in [0.2, 0.25) is 11.6 Å². The fourth-order valence-corrected chi connectivity index (χ4v) is 2.03. The van der Waals surface area contributed by atoms with E-state index in [1.54, 1.807) is 0 Å². The highest BCUT2D eigenvalue weighted by molar-refractivity contribution is 14.1. The second-order valence-electron chi connectivity index (χ2n) is 3.90. The number of carbonyl (C=O) groups is 1. The van der Waals surface area contributed by atoms with E-state index in [1.165, 1.54) is 30.3 Å². The molecular formula is C13H7FINO5. The summed E-state index contributed by atoms with van der Waals surface area (Å²) in [6.45, 7) is 0. The topological polar surface area (TPSA) is 89.7 Å². The molecule has 0 saturated heterocycles. The minimum atomic E-state index is -1.16. The molecule has 1 N–H and O–H groups in total. The number of hydrogen-bond acceptors (Lipinski definition) is 4. The van der Waals surface area contributed by atoms with E-state index in [0.29, 0.717) is 3.57 Å². The standard InChI is InChI=1S/C13H7FINO5/c14-8-2-1-3-10(12(8)16(19)20)21-11-6-7(13(17)18)4-5-9(11)15/h1-6H,(H,17,18). The van der Waals surface area contributed by atoms with Crippen molar-refractivity contribution < 1.29 is 24.0 Å². The fourth-order valence-electron chi connectivity index (χ4n) is 1.59. The van der Waals surface area contributed by atoms with Crippen molar-refractivity contribution in [1.29, 1.82) is 0 Å². The molecule has 0 radical (unpaired) electrons. The Balaban J connectivity index is 2.48. The molecule has 2 aromatic rings. The Bertz CT molecular complexity index is 734. The summed E-state index contributed by atoms with van der Waals surface area (Å²) < 4.78 is 19.4. The average Bonchev–Trinajstić information content (AvgIpc) is 2.40. The number of benzene rings is 2. The average molecular weight is 403 g/mol. The molecule has 0 aliphatic heterocycles. The number of hydrogen-bond donors (Lipinski definition) is 1. The van der Waals surface area contributed by atoms with Crippen molar-refractivity contribution in [2.24, 2.45) is 0 Å². The van der Waals surface area contributed by atoms with Gasteiger partial charge < -0.3 is 9.84 Å². The van der Waals surface area contributed by atoms with Gasteiger partial charge in [-0.25, -0.2) is 4.79 Å². The van der Waals surface area contributed by atoms with Crippen LogP contribution < -0.4 is 4.74 Å². The van der Waals surface area contributed by atoms with Crippen LogP contribution in [0.4, 0.5) is 10.1 Å². The Morgan fingerprint density at radius 1 is 1.29 bits per heavy atom. The van der Waals surface area contributed by atoms with Crippen molar-refractivity contribution in [2.45, 2.75) is 0 Å². The predicted octanol–water partition coefficient (Wildman–Crippen LogP) is 3.83. The van der Waals surface area contributed by atoms with Crippen LogP contribution in [0.2, 0.25) is 0 Å². The first-order chi connectivity index (χ1) is 9.90. The smallest absolute Gasteiger partial charge is 0.346 e. The summed E-state index contributed by atoms with van der Waals surface area (Å²) in [6.07, 6.45) is 0. The lowest BCUT2D eigenvalue weighted by molar-refractivity contribution is -0.388. The third-order valence-electron chi connectivity index (χ3n) is 2.53. The summed E-state index contributed by atoms with van der Waals surface area (Å²) >= 11 is 1.88. The molecule has 0 aliphatic rings. The van der Waals surface area contributed by atoms with E-state index < -0.39 is 22.4 Å². The Hall–Kier alpha value is -2.23. The van der Waals surface area contributed by atoms with Crippen LogP contribution in [0.15, 0.2) is 36.4 Å². The van der Waals surface area contributed by atoms with Crippen LogP contribution in [0.3, 0.4) is 0 Å². The predicted molar refractivity (Wildman–Crippen MR) is 79.2 cm³/mol. The van der Waals surface area contributed by atoms with Crippen LogP contribution in [0.5, 0.6) is 11.5 Å². The van der Waals surface area contributed by atoms with Gasteiger partial charge in [0.1, 0.15) is 5.75 Å². The van der Waals surface area contributed by atoms with Gasteiger partial charge >= 0.3 is 11.7 Å². The molecule has 0 atom stereocenters. The Kier molecular flexibility index (Phi) is 4.36. The number of aromatic carboxylic acids is 1. The van der Waals surface area contributed by atoms with Gasteiger partial charge in [-0.05, 0) is 52.9 Å². The molecule has 0 unspecified atom stereocenters. The van der Waals surface area contributed by atoms with Crippen LogP contribution in [0.1, 0.15) is 10.4 Å². The molecule has 0 heterocycles. The van der Waals surface area contributed by atoms with E-state index in [-0.39, 0.29) is 17.1 Å². The highest BCUT2D eigenvalue weighted by atomic mass is 127. The van der Waals surface area contributed by atoms with Gasteiger partial charge in [0.15, 0.2) is 0 Å².